The summed E-state index contributed by atoms with van der Waals surface area (Å²) < 4.78 is 16.5. The number of carbonyl (C=O) groups excluding carboxylic acids is 1. The molecule has 0 bridgehead atoms. The third-order valence-corrected chi connectivity index (χ3v) is 4.73. The van der Waals surface area contributed by atoms with E-state index in [9.17, 15) is 4.79 Å². The summed E-state index contributed by atoms with van der Waals surface area (Å²) in [5.74, 6) is 1.73. The smallest absolute Gasteiger partial charge is 0.262 e. The molecule has 8 nitrogen and oxygen atoms in total. The lowest BCUT2D eigenvalue weighted by atomic mass is 10.3. The summed E-state index contributed by atoms with van der Waals surface area (Å²) in [5, 5.41) is 3.46. The summed E-state index contributed by atoms with van der Waals surface area (Å²) >= 11 is 1.45. The van der Waals surface area contributed by atoms with Gasteiger partial charge in [-0.25, -0.2) is 9.97 Å². The van der Waals surface area contributed by atoms with E-state index < -0.39 is 0 Å². The van der Waals surface area contributed by atoms with Crippen molar-refractivity contribution >= 4 is 23.4 Å². The van der Waals surface area contributed by atoms with Gasteiger partial charge in [-0.2, -0.15) is 0 Å². The number of benzene rings is 1. The van der Waals surface area contributed by atoms with E-state index in [0.717, 1.165) is 5.69 Å². The Morgan fingerprint density at radius 2 is 1.83 bits per heavy atom. The van der Waals surface area contributed by atoms with Crippen molar-refractivity contribution in [2.45, 2.75) is 17.8 Å². The molecule has 0 aliphatic rings. The van der Waals surface area contributed by atoms with Crippen molar-refractivity contribution in [3.8, 4) is 17.2 Å². The average molecular weight is 426 g/mol. The van der Waals surface area contributed by atoms with Gasteiger partial charge in [-0.1, -0.05) is 23.9 Å². The molecule has 2 aromatic heterocycles. The quantitative estimate of drug-likeness (QED) is 0.388. The van der Waals surface area contributed by atoms with Crippen molar-refractivity contribution in [2.75, 3.05) is 25.6 Å². The van der Waals surface area contributed by atoms with Gasteiger partial charge in [0.05, 0.1) is 31.3 Å². The number of para-hydroxylation sites is 2. The molecule has 0 saturated carbocycles. The molecule has 1 N–H and O–H groups in total. The molecular formula is C21H22N4O4S. The van der Waals surface area contributed by atoms with E-state index in [2.05, 4.69) is 20.3 Å². The fourth-order valence-corrected chi connectivity index (χ4v) is 3.19. The van der Waals surface area contributed by atoms with Gasteiger partial charge >= 0.3 is 0 Å². The maximum absolute atomic E-state index is 12.4. The molecule has 9 heteroatoms. The van der Waals surface area contributed by atoms with Crippen molar-refractivity contribution in [3.05, 3.63) is 60.7 Å². The number of amides is 1. The lowest BCUT2D eigenvalue weighted by Gasteiger charge is -2.13. The number of carbonyl (C=O) groups is 1. The minimum Gasteiger partial charge on any atom is -0.492 e. The van der Waals surface area contributed by atoms with E-state index in [4.69, 9.17) is 14.2 Å². The standard InChI is InChI=1S/C21H22N4O4S/c1-3-28-17-8-5-4-7-16(17)25-20(26)13-29-18-11-15(24-12-19(18)27-2)14-30-21-22-9-6-10-23-21/h4-12H,3,13-14H2,1-2H3,(H,25,26). The van der Waals surface area contributed by atoms with Crippen molar-refractivity contribution in [2.24, 2.45) is 0 Å². The summed E-state index contributed by atoms with van der Waals surface area (Å²) in [6.07, 6.45) is 4.95. The third kappa shape index (κ3) is 6.08. The average Bonchev–Trinajstić information content (AvgIpc) is 2.78. The molecule has 0 fully saturated rings. The highest BCUT2D eigenvalue weighted by atomic mass is 32.2. The molecule has 0 saturated heterocycles. The lowest BCUT2D eigenvalue weighted by Crippen LogP contribution is -2.21. The van der Waals surface area contributed by atoms with Crippen molar-refractivity contribution in [1.29, 1.82) is 0 Å². The number of anilines is 1. The summed E-state index contributed by atoms with van der Waals surface area (Å²) in [4.78, 5) is 25.1. The first-order chi connectivity index (χ1) is 14.7. The van der Waals surface area contributed by atoms with E-state index in [1.165, 1.54) is 18.9 Å². The van der Waals surface area contributed by atoms with Crippen LogP contribution >= 0.6 is 11.8 Å². The van der Waals surface area contributed by atoms with E-state index in [-0.39, 0.29) is 12.5 Å². The predicted molar refractivity (Wildman–Crippen MR) is 114 cm³/mol. The summed E-state index contributed by atoms with van der Waals surface area (Å²) in [5.41, 5.74) is 1.35. The van der Waals surface area contributed by atoms with Crippen LogP contribution in [0.5, 0.6) is 17.2 Å². The van der Waals surface area contributed by atoms with E-state index in [1.807, 2.05) is 19.1 Å². The zero-order valence-electron chi connectivity index (χ0n) is 16.7. The molecular weight excluding hydrogens is 404 g/mol. The Morgan fingerprint density at radius 3 is 2.60 bits per heavy atom. The Labute approximate surface area is 179 Å². The number of aromatic nitrogens is 3. The van der Waals surface area contributed by atoms with Gasteiger partial charge in [0, 0.05) is 24.2 Å². The number of methoxy groups -OCH3 is 1. The second kappa shape index (κ2) is 11.0. The first-order valence-corrected chi connectivity index (χ1v) is 10.3. The number of nitrogens with zero attached hydrogens (tertiary/aromatic N) is 3. The molecule has 0 aliphatic heterocycles. The van der Waals surface area contributed by atoms with E-state index >= 15 is 0 Å². The van der Waals surface area contributed by atoms with Crippen LogP contribution in [0.1, 0.15) is 12.6 Å². The van der Waals surface area contributed by atoms with Gasteiger partial charge < -0.3 is 19.5 Å². The van der Waals surface area contributed by atoms with Crippen LogP contribution in [0.25, 0.3) is 0 Å². The second-order valence-electron chi connectivity index (χ2n) is 5.91. The number of hydrogen-bond donors (Lipinski definition) is 1. The zero-order valence-corrected chi connectivity index (χ0v) is 17.5. The van der Waals surface area contributed by atoms with Crippen LogP contribution in [-0.2, 0) is 10.5 Å². The van der Waals surface area contributed by atoms with Crippen LogP contribution < -0.4 is 19.5 Å². The van der Waals surface area contributed by atoms with Gasteiger partial charge in [0.15, 0.2) is 23.3 Å². The molecule has 156 valence electrons. The molecule has 0 radical (unpaired) electrons. The van der Waals surface area contributed by atoms with E-state index in [1.54, 1.807) is 42.9 Å². The molecule has 30 heavy (non-hydrogen) atoms. The maximum atomic E-state index is 12.4. The van der Waals surface area contributed by atoms with E-state index in [0.29, 0.717) is 40.5 Å². The number of hydrogen-bond acceptors (Lipinski definition) is 8. The molecule has 0 unspecified atom stereocenters. The highest BCUT2D eigenvalue weighted by Crippen LogP contribution is 2.29. The third-order valence-electron chi connectivity index (χ3n) is 3.82. The van der Waals surface area contributed by atoms with Crippen LogP contribution in [0.4, 0.5) is 5.69 Å². The molecule has 0 spiro atoms. The monoisotopic (exact) mass is 426 g/mol. The number of pyridine rings is 1. The Hall–Kier alpha value is -3.33. The van der Waals surface area contributed by atoms with Crippen LogP contribution in [0.3, 0.4) is 0 Å². The lowest BCUT2D eigenvalue weighted by molar-refractivity contribution is -0.118. The second-order valence-corrected chi connectivity index (χ2v) is 6.86. The highest BCUT2D eigenvalue weighted by molar-refractivity contribution is 7.98. The van der Waals surface area contributed by atoms with Crippen LogP contribution in [0, 0.1) is 0 Å². The summed E-state index contributed by atoms with van der Waals surface area (Å²) in [7, 11) is 1.52. The van der Waals surface area contributed by atoms with Crippen molar-refractivity contribution in [1.82, 2.24) is 15.0 Å². The Balaban J connectivity index is 1.61. The summed E-state index contributed by atoms with van der Waals surface area (Å²) in [6.45, 7) is 2.21. The largest absolute Gasteiger partial charge is 0.492 e. The fourth-order valence-electron chi connectivity index (χ4n) is 2.49. The van der Waals surface area contributed by atoms with Crippen LogP contribution in [-0.4, -0.2) is 41.2 Å². The topological polar surface area (TPSA) is 95.5 Å². The number of rotatable bonds is 10. The highest BCUT2D eigenvalue weighted by Gasteiger charge is 2.12. The molecule has 2 heterocycles. The normalized spacial score (nSPS) is 10.3. The molecule has 3 rings (SSSR count). The minimum atomic E-state index is -0.311. The van der Waals surface area contributed by atoms with Crippen molar-refractivity contribution in [3.63, 3.8) is 0 Å². The van der Waals surface area contributed by atoms with Gasteiger partial charge in [-0.3, -0.25) is 9.78 Å². The summed E-state index contributed by atoms with van der Waals surface area (Å²) in [6, 6.07) is 10.8. The van der Waals surface area contributed by atoms with Crippen LogP contribution in [0.15, 0.2) is 60.1 Å². The Bertz CT molecular complexity index is 972. The Morgan fingerprint density at radius 1 is 1.03 bits per heavy atom. The fraction of sp³-hybridized carbons (Fsp3) is 0.238. The first-order valence-electron chi connectivity index (χ1n) is 9.26. The van der Waals surface area contributed by atoms with Gasteiger partial charge in [0.2, 0.25) is 0 Å². The van der Waals surface area contributed by atoms with Gasteiger partial charge in [-0.15, -0.1) is 0 Å². The molecule has 1 aromatic carbocycles. The Kier molecular flexibility index (Phi) is 7.85. The van der Waals surface area contributed by atoms with Crippen molar-refractivity contribution < 1.29 is 19.0 Å². The first kappa shape index (κ1) is 21.4. The predicted octanol–water partition coefficient (Wildman–Crippen LogP) is 3.59. The van der Waals surface area contributed by atoms with Gasteiger partial charge in [0.25, 0.3) is 5.91 Å². The molecule has 0 aliphatic carbocycles. The minimum absolute atomic E-state index is 0.185. The van der Waals surface area contributed by atoms with Gasteiger partial charge in [-0.05, 0) is 25.1 Å². The maximum Gasteiger partial charge on any atom is 0.262 e. The van der Waals surface area contributed by atoms with Crippen LogP contribution in [0.2, 0.25) is 0 Å². The number of thioether (sulfide) groups is 1. The number of ether oxygens (including phenoxy) is 3. The number of nitrogens with one attached hydrogen (secondary N) is 1. The zero-order chi connectivity index (χ0) is 21.2. The molecule has 0 atom stereocenters. The molecule has 1 amide bonds. The van der Waals surface area contributed by atoms with Gasteiger partial charge in [0.1, 0.15) is 5.75 Å². The molecule has 3 aromatic rings. The SMILES string of the molecule is CCOc1ccccc1NC(=O)COc1cc(CSc2ncccn2)ncc1OC.